The van der Waals surface area contributed by atoms with Crippen LogP contribution in [0.5, 0.6) is 0 Å². The molecule has 1 aromatic rings. The highest BCUT2D eigenvalue weighted by molar-refractivity contribution is 5.57. The Morgan fingerprint density at radius 1 is 1.37 bits per heavy atom. The molecule has 19 heavy (non-hydrogen) atoms. The van der Waals surface area contributed by atoms with E-state index in [9.17, 15) is 0 Å². The first kappa shape index (κ1) is 12.9. The van der Waals surface area contributed by atoms with Crippen molar-refractivity contribution in [1.82, 2.24) is 4.90 Å². The van der Waals surface area contributed by atoms with Gasteiger partial charge in [-0.05, 0) is 32.4 Å². The van der Waals surface area contributed by atoms with Gasteiger partial charge in [-0.15, -0.1) is 0 Å². The Hall–Kier alpha value is -1.06. The van der Waals surface area contributed by atoms with E-state index in [4.69, 9.17) is 4.74 Å². The van der Waals surface area contributed by atoms with Gasteiger partial charge < -0.3 is 10.1 Å². The first-order valence-corrected chi connectivity index (χ1v) is 7.26. The Morgan fingerprint density at radius 3 is 2.95 bits per heavy atom. The van der Waals surface area contributed by atoms with E-state index in [2.05, 4.69) is 55.3 Å². The second kappa shape index (κ2) is 4.80. The van der Waals surface area contributed by atoms with Crippen molar-refractivity contribution < 1.29 is 4.74 Å². The summed E-state index contributed by atoms with van der Waals surface area (Å²) in [5.41, 5.74) is 2.76. The monoisotopic (exact) mass is 260 g/mol. The lowest BCUT2D eigenvalue weighted by atomic mass is 9.98. The summed E-state index contributed by atoms with van der Waals surface area (Å²) in [6.07, 6.45) is 0.327. The Morgan fingerprint density at radius 2 is 2.16 bits per heavy atom. The zero-order chi connectivity index (χ0) is 13.5. The first-order chi connectivity index (χ1) is 9.03. The molecule has 2 unspecified atom stereocenters. The molecule has 0 radical (unpaired) electrons. The second-order valence-electron chi connectivity index (χ2n) is 6.55. The summed E-state index contributed by atoms with van der Waals surface area (Å²) in [6, 6.07) is 8.69. The van der Waals surface area contributed by atoms with Crippen molar-refractivity contribution in [3.8, 4) is 0 Å². The van der Waals surface area contributed by atoms with Gasteiger partial charge in [-0.3, -0.25) is 4.90 Å². The summed E-state index contributed by atoms with van der Waals surface area (Å²) >= 11 is 0. The standard InChI is InChI=1S/C16H24N2O/c1-12-9-18(11-16(2,3)19-12)10-13-8-17-15-7-5-4-6-14(13)15/h4-7,12-13,17H,8-11H2,1-3H3. The van der Waals surface area contributed by atoms with E-state index in [1.54, 1.807) is 0 Å². The van der Waals surface area contributed by atoms with Gasteiger partial charge in [0.2, 0.25) is 0 Å². The molecule has 2 atom stereocenters. The van der Waals surface area contributed by atoms with Gasteiger partial charge in [0.25, 0.3) is 0 Å². The molecule has 1 saturated heterocycles. The van der Waals surface area contributed by atoms with Crippen LogP contribution in [0, 0.1) is 0 Å². The Bertz CT molecular complexity index is 458. The van der Waals surface area contributed by atoms with Crippen LogP contribution in [0.4, 0.5) is 5.69 Å². The SMILES string of the molecule is CC1CN(CC2CNc3ccccc32)CC(C)(C)O1. The van der Waals surface area contributed by atoms with E-state index in [1.807, 2.05) is 0 Å². The molecule has 2 heterocycles. The van der Waals surface area contributed by atoms with Crippen molar-refractivity contribution in [1.29, 1.82) is 0 Å². The summed E-state index contributed by atoms with van der Waals surface area (Å²) in [7, 11) is 0. The number of fused-ring (bicyclic) bond motifs is 1. The van der Waals surface area contributed by atoms with Gasteiger partial charge in [-0.1, -0.05) is 18.2 Å². The van der Waals surface area contributed by atoms with Crippen LogP contribution in [0.1, 0.15) is 32.3 Å². The predicted molar refractivity (Wildman–Crippen MR) is 78.7 cm³/mol. The number of para-hydroxylation sites is 1. The zero-order valence-corrected chi connectivity index (χ0v) is 12.1. The molecule has 1 aromatic carbocycles. The van der Waals surface area contributed by atoms with E-state index in [-0.39, 0.29) is 5.60 Å². The maximum Gasteiger partial charge on any atom is 0.0757 e. The van der Waals surface area contributed by atoms with Crippen molar-refractivity contribution in [3.63, 3.8) is 0 Å². The predicted octanol–water partition coefficient (Wildman–Crippen LogP) is 2.70. The van der Waals surface area contributed by atoms with E-state index < -0.39 is 0 Å². The lowest BCUT2D eigenvalue weighted by Crippen LogP contribution is -2.52. The molecule has 1 N–H and O–H groups in total. The third-order valence-corrected chi connectivity index (χ3v) is 4.06. The number of hydrogen-bond acceptors (Lipinski definition) is 3. The Labute approximate surface area is 115 Å². The van der Waals surface area contributed by atoms with E-state index in [1.165, 1.54) is 11.3 Å². The summed E-state index contributed by atoms with van der Waals surface area (Å²) in [4.78, 5) is 2.56. The van der Waals surface area contributed by atoms with Crippen molar-refractivity contribution in [2.75, 3.05) is 31.5 Å². The molecule has 0 aliphatic carbocycles. The average Bonchev–Trinajstić information content (AvgIpc) is 2.70. The maximum absolute atomic E-state index is 5.98. The lowest BCUT2D eigenvalue weighted by molar-refractivity contribution is -0.129. The number of anilines is 1. The molecule has 2 aliphatic rings. The summed E-state index contributed by atoms with van der Waals surface area (Å²) < 4.78 is 5.98. The quantitative estimate of drug-likeness (QED) is 0.885. The molecule has 3 rings (SSSR count). The molecule has 3 heteroatoms. The highest BCUT2D eigenvalue weighted by atomic mass is 16.5. The number of morpholine rings is 1. The Balaban J connectivity index is 1.69. The maximum atomic E-state index is 5.98. The fraction of sp³-hybridized carbons (Fsp3) is 0.625. The van der Waals surface area contributed by atoms with Gasteiger partial charge in [-0.2, -0.15) is 0 Å². The molecule has 2 aliphatic heterocycles. The third kappa shape index (κ3) is 2.77. The van der Waals surface area contributed by atoms with Crippen LogP contribution in [0.15, 0.2) is 24.3 Å². The van der Waals surface area contributed by atoms with Gasteiger partial charge in [0.1, 0.15) is 0 Å². The summed E-state index contributed by atoms with van der Waals surface area (Å²) in [6.45, 7) is 10.8. The van der Waals surface area contributed by atoms with Crippen LogP contribution in [0.3, 0.4) is 0 Å². The fourth-order valence-electron chi connectivity index (χ4n) is 3.56. The van der Waals surface area contributed by atoms with Crippen molar-refractivity contribution in [3.05, 3.63) is 29.8 Å². The van der Waals surface area contributed by atoms with E-state index >= 15 is 0 Å². The van der Waals surface area contributed by atoms with Crippen LogP contribution in [-0.4, -0.2) is 42.8 Å². The zero-order valence-electron chi connectivity index (χ0n) is 12.1. The minimum atomic E-state index is -0.0246. The number of benzene rings is 1. The van der Waals surface area contributed by atoms with Gasteiger partial charge in [-0.25, -0.2) is 0 Å². The molecule has 0 amide bonds. The highest BCUT2D eigenvalue weighted by Gasteiger charge is 2.33. The number of nitrogens with zero attached hydrogens (tertiary/aromatic N) is 1. The van der Waals surface area contributed by atoms with Gasteiger partial charge in [0.15, 0.2) is 0 Å². The van der Waals surface area contributed by atoms with Crippen molar-refractivity contribution in [2.45, 2.75) is 38.4 Å². The molecule has 0 spiro atoms. The number of ether oxygens (including phenoxy) is 1. The molecule has 0 bridgehead atoms. The molecular formula is C16H24N2O. The largest absolute Gasteiger partial charge is 0.384 e. The molecule has 0 saturated carbocycles. The van der Waals surface area contributed by atoms with Crippen LogP contribution in [0.25, 0.3) is 0 Å². The third-order valence-electron chi connectivity index (χ3n) is 4.06. The number of hydrogen-bond donors (Lipinski definition) is 1. The molecule has 0 aromatic heterocycles. The highest BCUT2D eigenvalue weighted by Crippen LogP contribution is 2.32. The first-order valence-electron chi connectivity index (χ1n) is 7.26. The van der Waals surface area contributed by atoms with Gasteiger partial charge in [0, 0.05) is 37.8 Å². The minimum Gasteiger partial charge on any atom is -0.384 e. The average molecular weight is 260 g/mol. The van der Waals surface area contributed by atoms with Crippen LogP contribution in [0.2, 0.25) is 0 Å². The number of rotatable bonds is 2. The van der Waals surface area contributed by atoms with Gasteiger partial charge in [0.05, 0.1) is 11.7 Å². The Kier molecular flexibility index (Phi) is 3.27. The topological polar surface area (TPSA) is 24.5 Å². The van der Waals surface area contributed by atoms with Crippen molar-refractivity contribution >= 4 is 5.69 Å². The smallest absolute Gasteiger partial charge is 0.0757 e. The summed E-state index contributed by atoms with van der Waals surface area (Å²) in [5, 5.41) is 3.51. The van der Waals surface area contributed by atoms with Gasteiger partial charge >= 0.3 is 0 Å². The lowest BCUT2D eigenvalue weighted by Gasteiger charge is -2.42. The normalized spacial score (nSPS) is 29.8. The molecule has 3 nitrogen and oxygen atoms in total. The van der Waals surface area contributed by atoms with E-state index in [0.717, 1.165) is 26.2 Å². The number of nitrogens with one attached hydrogen (secondary N) is 1. The van der Waals surface area contributed by atoms with E-state index in [0.29, 0.717) is 12.0 Å². The fourth-order valence-corrected chi connectivity index (χ4v) is 3.56. The molecule has 104 valence electrons. The minimum absolute atomic E-state index is 0.0246. The molecule has 1 fully saturated rings. The van der Waals surface area contributed by atoms with Crippen LogP contribution in [-0.2, 0) is 4.74 Å². The summed E-state index contributed by atoms with van der Waals surface area (Å²) in [5.74, 6) is 0.609. The van der Waals surface area contributed by atoms with Crippen LogP contribution < -0.4 is 5.32 Å². The van der Waals surface area contributed by atoms with Crippen LogP contribution >= 0.6 is 0 Å². The molecular weight excluding hydrogens is 236 g/mol. The second-order valence-corrected chi connectivity index (χ2v) is 6.55. The van der Waals surface area contributed by atoms with Crippen molar-refractivity contribution in [2.24, 2.45) is 0 Å².